The van der Waals surface area contributed by atoms with Crippen molar-refractivity contribution in [2.75, 3.05) is 31.1 Å². The average molecular weight is 387 g/mol. The number of carboxylic acids is 1. The first kappa shape index (κ1) is 18.0. The van der Waals surface area contributed by atoms with Gasteiger partial charge in [-0.25, -0.2) is 4.79 Å². The van der Waals surface area contributed by atoms with Gasteiger partial charge in [0, 0.05) is 18.1 Å². The van der Waals surface area contributed by atoms with Crippen molar-refractivity contribution in [2.45, 2.75) is 12.5 Å². The topological polar surface area (TPSA) is 87.2 Å². The van der Waals surface area contributed by atoms with Crippen LogP contribution in [0.5, 0.6) is 0 Å². The van der Waals surface area contributed by atoms with Crippen molar-refractivity contribution in [1.29, 1.82) is 0 Å². The standard InChI is InChI=1S/C16H16Cl2N2O5/c17-9-1-2-11(18)12(7-9)20-4-3-10(15(20)22)14(21)19-5-6-25-13(8-19)16(23)24/h1-2,7,10,13H,3-6,8H2,(H,23,24)/t10-,13-/m1/s1. The molecule has 0 bridgehead atoms. The van der Waals surface area contributed by atoms with E-state index in [0.717, 1.165) is 0 Å². The summed E-state index contributed by atoms with van der Waals surface area (Å²) in [7, 11) is 0. The van der Waals surface area contributed by atoms with E-state index < -0.39 is 18.0 Å². The highest BCUT2D eigenvalue weighted by Crippen LogP contribution is 2.34. The van der Waals surface area contributed by atoms with Crippen LogP contribution in [0.1, 0.15) is 6.42 Å². The molecule has 2 aliphatic rings. The zero-order valence-electron chi connectivity index (χ0n) is 13.2. The molecular formula is C16H16Cl2N2O5. The van der Waals surface area contributed by atoms with Gasteiger partial charge < -0.3 is 19.6 Å². The van der Waals surface area contributed by atoms with E-state index in [4.69, 9.17) is 33.0 Å². The van der Waals surface area contributed by atoms with Crippen LogP contribution in [0.3, 0.4) is 0 Å². The highest BCUT2D eigenvalue weighted by molar-refractivity contribution is 6.36. The lowest BCUT2D eigenvalue weighted by Gasteiger charge is -2.32. The molecule has 2 aliphatic heterocycles. The van der Waals surface area contributed by atoms with Gasteiger partial charge in [-0.2, -0.15) is 0 Å². The third kappa shape index (κ3) is 3.58. The second kappa shape index (κ2) is 7.19. The molecule has 25 heavy (non-hydrogen) atoms. The number of carboxylic acid groups (broad SMARTS) is 1. The Morgan fingerprint density at radius 1 is 1.24 bits per heavy atom. The zero-order valence-corrected chi connectivity index (χ0v) is 14.7. The summed E-state index contributed by atoms with van der Waals surface area (Å²) in [5, 5.41) is 9.86. The SMILES string of the molecule is O=C(O)[C@H]1CN(C(=O)[C@H]2CCN(c3cc(Cl)ccc3Cl)C2=O)CCO1. The molecule has 9 heteroatoms. The molecule has 1 N–H and O–H groups in total. The first-order valence-electron chi connectivity index (χ1n) is 7.78. The van der Waals surface area contributed by atoms with E-state index >= 15 is 0 Å². The summed E-state index contributed by atoms with van der Waals surface area (Å²) >= 11 is 12.1. The van der Waals surface area contributed by atoms with Gasteiger partial charge in [0.1, 0.15) is 5.92 Å². The van der Waals surface area contributed by atoms with Gasteiger partial charge in [0.2, 0.25) is 11.8 Å². The van der Waals surface area contributed by atoms with Gasteiger partial charge >= 0.3 is 5.97 Å². The Morgan fingerprint density at radius 2 is 2.00 bits per heavy atom. The van der Waals surface area contributed by atoms with E-state index in [-0.39, 0.29) is 31.5 Å². The number of aliphatic carboxylic acids is 1. The van der Waals surface area contributed by atoms with Crippen molar-refractivity contribution < 1.29 is 24.2 Å². The second-order valence-corrected chi connectivity index (χ2v) is 6.75. The Morgan fingerprint density at radius 3 is 2.72 bits per heavy atom. The number of halogens is 2. The molecule has 2 fully saturated rings. The van der Waals surface area contributed by atoms with Crippen molar-refractivity contribution in [3.8, 4) is 0 Å². The predicted octanol–water partition coefficient (Wildman–Crippen LogP) is 1.66. The fourth-order valence-corrected chi connectivity index (χ4v) is 3.45. The predicted molar refractivity (Wildman–Crippen MR) is 90.9 cm³/mol. The number of amides is 2. The van der Waals surface area contributed by atoms with Crippen LogP contribution in [0.4, 0.5) is 5.69 Å². The van der Waals surface area contributed by atoms with Crippen LogP contribution in [0.2, 0.25) is 10.0 Å². The quantitative estimate of drug-likeness (QED) is 0.798. The Balaban J connectivity index is 1.74. The number of ether oxygens (including phenoxy) is 1. The maximum Gasteiger partial charge on any atom is 0.334 e. The third-order valence-corrected chi connectivity index (χ3v) is 4.91. The molecule has 2 heterocycles. The summed E-state index contributed by atoms with van der Waals surface area (Å²) < 4.78 is 5.11. The molecule has 0 aromatic heterocycles. The minimum Gasteiger partial charge on any atom is -0.479 e. The minimum atomic E-state index is -1.12. The number of nitrogens with zero attached hydrogens (tertiary/aromatic N) is 2. The maximum atomic E-state index is 12.7. The fourth-order valence-electron chi connectivity index (χ4n) is 3.06. The van der Waals surface area contributed by atoms with Gasteiger partial charge in [0.05, 0.1) is 23.9 Å². The summed E-state index contributed by atoms with van der Waals surface area (Å²) in [6.07, 6.45) is -0.719. The van der Waals surface area contributed by atoms with Crippen LogP contribution in [0, 0.1) is 5.92 Å². The summed E-state index contributed by atoms with van der Waals surface area (Å²) in [4.78, 5) is 39.3. The average Bonchev–Trinajstić information content (AvgIpc) is 2.98. The van der Waals surface area contributed by atoms with E-state index in [1.165, 1.54) is 9.80 Å². The number of morpholine rings is 1. The lowest BCUT2D eigenvalue weighted by atomic mass is 10.1. The smallest absolute Gasteiger partial charge is 0.334 e. The molecule has 1 aromatic carbocycles. The molecule has 0 spiro atoms. The lowest BCUT2D eigenvalue weighted by molar-refractivity contribution is -0.160. The fraction of sp³-hybridized carbons (Fsp3) is 0.438. The summed E-state index contributed by atoms with van der Waals surface area (Å²) in [5.74, 6) is -2.70. The normalized spacial score (nSPS) is 23.8. The molecule has 0 unspecified atom stereocenters. The van der Waals surface area contributed by atoms with Crippen molar-refractivity contribution >= 4 is 46.7 Å². The number of carbonyl (C=O) groups is 3. The van der Waals surface area contributed by atoms with Gasteiger partial charge in [-0.3, -0.25) is 9.59 Å². The molecule has 2 amide bonds. The minimum absolute atomic E-state index is 0.0597. The van der Waals surface area contributed by atoms with Crippen LogP contribution in [0.15, 0.2) is 18.2 Å². The molecule has 134 valence electrons. The van der Waals surface area contributed by atoms with Gasteiger partial charge in [0.25, 0.3) is 0 Å². The van der Waals surface area contributed by atoms with Crippen LogP contribution in [-0.4, -0.2) is 60.1 Å². The highest BCUT2D eigenvalue weighted by Gasteiger charge is 2.42. The monoisotopic (exact) mass is 386 g/mol. The van der Waals surface area contributed by atoms with Crippen LogP contribution in [-0.2, 0) is 19.1 Å². The second-order valence-electron chi connectivity index (χ2n) is 5.91. The molecule has 3 rings (SSSR count). The Bertz CT molecular complexity index is 726. The van der Waals surface area contributed by atoms with Crippen LogP contribution >= 0.6 is 23.2 Å². The van der Waals surface area contributed by atoms with Gasteiger partial charge in [-0.15, -0.1) is 0 Å². The van der Waals surface area contributed by atoms with Gasteiger partial charge in [-0.05, 0) is 24.6 Å². The molecule has 2 saturated heterocycles. The lowest BCUT2D eigenvalue weighted by Crippen LogP contribution is -2.51. The molecular weight excluding hydrogens is 371 g/mol. The van der Waals surface area contributed by atoms with Crippen molar-refractivity contribution in [3.05, 3.63) is 28.2 Å². The van der Waals surface area contributed by atoms with E-state index in [2.05, 4.69) is 0 Å². The van der Waals surface area contributed by atoms with Crippen LogP contribution in [0.25, 0.3) is 0 Å². The zero-order chi connectivity index (χ0) is 18.1. The summed E-state index contributed by atoms with van der Waals surface area (Å²) in [6.45, 7) is 0.690. The Hall–Kier alpha value is -1.83. The number of benzene rings is 1. The number of carbonyl (C=O) groups excluding carboxylic acids is 2. The van der Waals surface area contributed by atoms with Gasteiger partial charge in [0.15, 0.2) is 6.10 Å². The summed E-state index contributed by atoms with van der Waals surface area (Å²) in [6, 6.07) is 4.81. The molecule has 0 aliphatic carbocycles. The molecule has 0 radical (unpaired) electrons. The number of hydrogen-bond donors (Lipinski definition) is 1. The van der Waals surface area contributed by atoms with Crippen LogP contribution < -0.4 is 4.90 Å². The molecule has 2 atom stereocenters. The Labute approximate surface area is 154 Å². The highest BCUT2D eigenvalue weighted by atomic mass is 35.5. The van der Waals surface area contributed by atoms with Crippen molar-refractivity contribution in [1.82, 2.24) is 4.90 Å². The number of rotatable bonds is 3. The number of hydrogen-bond acceptors (Lipinski definition) is 4. The third-order valence-electron chi connectivity index (χ3n) is 4.36. The first-order valence-corrected chi connectivity index (χ1v) is 8.53. The van der Waals surface area contributed by atoms with E-state index in [1.807, 2.05) is 0 Å². The number of anilines is 1. The van der Waals surface area contributed by atoms with Crippen molar-refractivity contribution in [3.63, 3.8) is 0 Å². The Kier molecular flexibility index (Phi) is 5.17. The largest absolute Gasteiger partial charge is 0.479 e. The van der Waals surface area contributed by atoms with E-state index in [0.29, 0.717) is 28.7 Å². The van der Waals surface area contributed by atoms with E-state index in [9.17, 15) is 14.4 Å². The molecule has 7 nitrogen and oxygen atoms in total. The first-order chi connectivity index (χ1) is 11.9. The molecule has 0 saturated carbocycles. The van der Waals surface area contributed by atoms with Gasteiger partial charge in [-0.1, -0.05) is 23.2 Å². The van der Waals surface area contributed by atoms with Crippen molar-refractivity contribution in [2.24, 2.45) is 5.92 Å². The molecule has 1 aromatic rings. The summed E-state index contributed by atoms with van der Waals surface area (Å²) in [5.41, 5.74) is 0.472. The van der Waals surface area contributed by atoms with E-state index in [1.54, 1.807) is 18.2 Å². The maximum absolute atomic E-state index is 12.7.